The molecule has 0 atom stereocenters. The van der Waals surface area contributed by atoms with Crippen LogP contribution >= 0.6 is 89.2 Å². The third-order valence-electron chi connectivity index (χ3n) is 0. The van der Waals surface area contributed by atoms with Crippen LogP contribution in [0.2, 0.25) is 0 Å². The molecule has 0 saturated carbocycles. The van der Waals surface area contributed by atoms with Gasteiger partial charge >= 0.3 is 169 Å². The summed E-state index contributed by atoms with van der Waals surface area (Å²) in [7, 11) is 0. The van der Waals surface area contributed by atoms with E-state index in [2.05, 4.69) is 89.2 Å². The normalized spacial score (nSPS) is 3.40. The molecule has 0 radical (unpaired) electrons. The van der Waals surface area contributed by atoms with Crippen molar-refractivity contribution < 1.29 is 79.9 Å². The van der Waals surface area contributed by atoms with Crippen molar-refractivity contribution in [1.82, 2.24) is 0 Å². The van der Waals surface area contributed by atoms with E-state index in [0.717, 1.165) is 44.8 Å². The summed E-state index contributed by atoms with van der Waals surface area (Å²) in [6, 6.07) is 0. The van der Waals surface area contributed by atoms with Crippen molar-refractivity contribution in [3.63, 3.8) is 0 Å². The Morgan fingerprint density at radius 1 is 1.00 bits per heavy atom. The van der Waals surface area contributed by atoms with Crippen LogP contribution in [0.1, 0.15) is 0 Å². The van der Waals surface area contributed by atoms with Gasteiger partial charge in [-0.15, -0.1) is 0 Å². The summed E-state index contributed by atoms with van der Waals surface area (Å²) >= 11 is 18.6. The third kappa shape index (κ3) is 58.6. The van der Waals surface area contributed by atoms with Gasteiger partial charge in [-0.1, -0.05) is 0 Å². The molecule has 50 valence electrons. The molecule has 0 aromatic rings. The topological polar surface area (TPSA) is 0 Å². The van der Waals surface area contributed by atoms with Crippen molar-refractivity contribution in [2.75, 3.05) is 0 Å². The average Bonchev–Trinajstić information content (AvgIpc) is 1.99. The molecule has 10 heteroatoms. The second-order valence-electron chi connectivity index (χ2n) is 0.202. The Kier molecular flexibility index (Phi) is 115. The summed E-state index contributed by atoms with van der Waals surface area (Å²) in [4.78, 5) is 0. The fraction of sp³-hybridized carbons (Fsp3) is 0. The molecule has 0 heterocycles. The van der Waals surface area contributed by atoms with E-state index in [1.165, 1.54) is 0 Å². The Morgan fingerprint density at radius 3 is 1.00 bits per heavy atom. The number of rotatable bonds is 0. The van der Waals surface area contributed by atoms with Crippen LogP contribution in [0.3, 0.4) is 0 Å². The standard InChI is InChI=1S/3BrH.4Cd.3HI/h3*1H;;;;;3*1H/q;;;2*+1;2*+2;;;/p-6. The molecular weight excluding hydrogens is 1070 g/mol. The maximum absolute atomic E-state index is 3.27. The molecule has 0 saturated heterocycles. The first kappa shape index (κ1) is 26.0. The van der Waals surface area contributed by atoms with Crippen LogP contribution in [0.5, 0.6) is 0 Å². The van der Waals surface area contributed by atoms with E-state index in [9.17, 15) is 0 Å². The zero-order valence-electron chi connectivity index (χ0n) is 5.10. The van der Waals surface area contributed by atoms with Crippen molar-refractivity contribution in [1.29, 1.82) is 0 Å². The van der Waals surface area contributed by atoms with Gasteiger partial charge in [0.1, 0.15) is 0 Å². The van der Waals surface area contributed by atoms with Crippen molar-refractivity contribution >= 4 is 89.2 Å². The van der Waals surface area contributed by atoms with Gasteiger partial charge in [0, 0.05) is 0 Å². The van der Waals surface area contributed by atoms with Gasteiger partial charge in [-0.2, -0.15) is 0 Å². The number of hydrogen-bond donors (Lipinski definition) is 0. The molecule has 10 heavy (non-hydrogen) atoms. The van der Waals surface area contributed by atoms with E-state index in [1.807, 2.05) is 0 Å². The van der Waals surface area contributed by atoms with E-state index in [-0.39, 0.29) is 35.1 Å². The van der Waals surface area contributed by atoms with Gasteiger partial charge in [-0.3, -0.25) is 0 Å². The molecule has 0 aromatic carbocycles. The van der Waals surface area contributed by atoms with Crippen LogP contribution in [0, 0.1) is 0 Å². The molecule has 0 rings (SSSR count). The molecule has 0 spiro atoms. The predicted molar refractivity (Wildman–Crippen MR) is 68.8 cm³/mol. The Labute approximate surface area is 163 Å². The van der Waals surface area contributed by atoms with Gasteiger partial charge in [0.2, 0.25) is 0 Å². The van der Waals surface area contributed by atoms with Crippen molar-refractivity contribution in [2.45, 2.75) is 0 Å². The van der Waals surface area contributed by atoms with Gasteiger partial charge in [-0.05, 0) is 0 Å². The summed E-state index contributed by atoms with van der Waals surface area (Å²) in [6.07, 6.45) is 0. The minimum atomic E-state index is -0.385. The third-order valence-corrected chi connectivity index (χ3v) is 0. The van der Waals surface area contributed by atoms with Crippen molar-refractivity contribution in [3.05, 3.63) is 0 Å². The van der Waals surface area contributed by atoms with Gasteiger partial charge in [0.15, 0.2) is 0 Å². The monoisotopic (exact) mass is 1070 g/mol. The molecule has 0 fully saturated rings. The Balaban J connectivity index is -0.0000000246. The quantitative estimate of drug-likeness (QED) is 0.232. The summed E-state index contributed by atoms with van der Waals surface area (Å²) < 4.78 is 0. The second-order valence-corrected chi connectivity index (χ2v) is 48.8. The SMILES string of the molecule is [Br][Cd].[Br][Cd][Br].[Cd][I].[I][Cd][I]. The number of halogens is 6. The fourth-order valence-electron chi connectivity index (χ4n) is 0. The Hall–Kier alpha value is 7.32. The van der Waals surface area contributed by atoms with Crippen LogP contribution in [-0.2, 0) is 79.9 Å². The number of hydrogen-bond acceptors (Lipinski definition) is 0. The molecule has 0 aliphatic rings. The summed E-state index contributed by atoms with van der Waals surface area (Å²) in [6.45, 7) is 0. The average molecular weight is 1070 g/mol. The van der Waals surface area contributed by atoms with Crippen LogP contribution < -0.4 is 0 Å². The van der Waals surface area contributed by atoms with Crippen LogP contribution in [-0.4, -0.2) is 0 Å². The van der Waals surface area contributed by atoms with E-state index in [1.54, 1.807) is 0 Å². The zero-order chi connectivity index (χ0) is 9.41. The summed E-state index contributed by atoms with van der Waals surface area (Å²) in [5.74, 6) is 0. The summed E-state index contributed by atoms with van der Waals surface area (Å²) in [5, 5.41) is 0. The van der Waals surface area contributed by atoms with E-state index in [0.29, 0.717) is 0 Å². The Bertz CT molecular complexity index is 17.7. The molecule has 0 unspecified atom stereocenters. The zero-order valence-corrected chi connectivity index (χ0v) is 32.5. The summed E-state index contributed by atoms with van der Waals surface area (Å²) in [5.41, 5.74) is 0. The maximum atomic E-state index is 3.27. The fourth-order valence-corrected chi connectivity index (χ4v) is 0. The minimum absolute atomic E-state index is 0.0700. The van der Waals surface area contributed by atoms with E-state index < -0.39 is 0 Å². The second kappa shape index (κ2) is 44.1. The van der Waals surface area contributed by atoms with Gasteiger partial charge < -0.3 is 0 Å². The molecule has 0 aliphatic carbocycles. The van der Waals surface area contributed by atoms with Crippen LogP contribution in [0.15, 0.2) is 0 Å². The first-order valence-corrected chi connectivity index (χ1v) is 64.0. The van der Waals surface area contributed by atoms with Crippen molar-refractivity contribution in [3.8, 4) is 0 Å². The molecule has 0 bridgehead atoms. The molecule has 0 aromatic heterocycles. The predicted octanol–water partition coefficient (Wildman–Crippen LogP) is 5.18. The molecule has 0 aliphatic heterocycles. The molecular formula is Br3Cd4I3. The van der Waals surface area contributed by atoms with Crippen LogP contribution in [0.4, 0.5) is 0 Å². The van der Waals surface area contributed by atoms with Gasteiger partial charge in [0.05, 0.1) is 0 Å². The van der Waals surface area contributed by atoms with E-state index in [4.69, 9.17) is 0 Å². The Morgan fingerprint density at radius 2 is 1.00 bits per heavy atom. The van der Waals surface area contributed by atoms with Gasteiger partial charge in [0.25, 0.3) is 0 Å². The molecule has 0 amide bonds. The van der Waals surface area contributed by atoms with Gasteiger partial charge in [-0.25, -0.2) is 0 Å². The van der Waals surface area contributed by atoms with E-state index >= 15 is 0 Å². The van der Waals surface area contributed by atoms with Crippen molar-refractivity contribution in [2.24, 2.45) is 0 Å². The van der Waals surface area contributed by atoms with Crippen LogP contribution in [0.25, 0.3) is 0 Å². The first-order chi connectivity index (χ1) is 4.83. The molecule has 0 nitrogen and oxygen atoms in total. The first-order valence-electron chi connectivity index (χ1n) is 1.60. The molecule has 0 N–H and O–H groups in total.